The molecule has 5 aliphatic carbocycles. The highest BCUT2D eigenvalue weighted by Crippen LogP contribution is 2.77. The van der Waals surface area contributed by atoms with Crippen LogP contribution in [0, 0.1) is 16.7 Å². The Balaban J connectivity index is 1.50. The number of nitrogens with one attached hydrogen (secondary N) is 1. The van der Waals surface area contributed by atoms with Gasteiger partial charge in [0.1, 0.15) is 0 Å². The van der Waals surface area contributed by atoms with Crippen molar-refractivity contribution in [1.82, 2.24) is 5.32 Å². The predicted molar refractivity (Wildman–Crippen MR) is 109 cm³/mol. The standard InChI is InChI=1S/C25H35NO/c1-2-13-24-15-19-14-23(17-24,20-9-5-3-6-10-20)18-25(24,16-19)22(27)26-21-11-7-4-8-12-21/h3,5-6,9-10,19,21H,2,4,7-8,11-18H2,1H3,(H,26,27)/t19?,23-,24-,25?/m1/s1. The molecule has 5 saturated carbocycles. The quantitative estimate of drug-likeness (QED) is 0.707. The minimum absolute atomic E-state index is 0.0980. The molecule has 0 saturated heterocycles. The van der Waals surface area contributed by atoms with Gasteiger partial charge in [0.15, 0.2) is 0 Å². The molecule has 1 amide bonds. The predicted octanol–water partition coefficient (Wildman–Crippen LogP) is 5.75. The number of hydrogen-bond donors (Lipinski definition) is 1. The van der Waals surface area contributed by atoms with E-state index in [2.05, 4.69) is 42.6 Å². The first kappa shape index (κ1) is 17.8. The summed E-state index contributed by atoms with van der Waals surface area (Å²) in [6, 6.07) is 11.6. The lowest BCUT2D eigenvalue weighted by Crippen LogP contribution is -2.50. The van der Waals surface area contributed by atoms with Crippen molar-refractivity contribution in [3.8, 4) is 0 Å². The van der Waals surface area contributed by atoms with Gasteiger partial charge in [0, 0.05) is 6.04 Å². The average molecular weight is 366 g/mol. The Hall–Kier alpha value is -1.31. The van der Waals surface area contributed by atoms with Gasteiger partial charge in [-0.05, 0) is 73.7 Å². The summed E-state index contributed by atoms with van der Waals surface area (Å²) in [5.41, 5.74) is 1.90. The third-order valence-electron chi connectivity index (χ3n) is 8.82. The van der Waals surface area contributed by atoms with Crippen molar-refractivity contribution in [2.75, 3.05) is 0 Å². The van der Waals surface area contributed by atoms with Crippen molar-refractivity contribution < 1.29 is 4.79 Å². The average Bonchev–Trinajstić information content (AvgIpc) is 3.03. The molecule has 146 valence electrons. The van der Waals surface area contributed by atoms with Gasteiger partial charge in [0.25, 0.3) is 0 Å². The molecule has 0 radical (unpaired) electrons. The topological polar surface area (TPSA) is 29.1 Å². The molecule has 0 heterocycles. The van der Waals surface area contributed by atoms with Gasteiger partial charge in [-0.15, -0.1) is 0 Å². The summed E-state index contributed by atoms with van der Waals surface area (Å²) in [5.74, 6) is 1.18. The fraction of sp³-hybridized carbons (Fsp3) is 0.720. The number of hydrogen-bond acceptors (Lipinski definition) is 1. The maximum atomic E-state index is 13.8. The lowest BCUT2D eigenvalue weighted by molar-refractivity contribution is -0.137. The first-order chi connectivity index (χ1) is 13.1. The first-order valence-electron chi connectivity index (χ1n) is 11.5. The van der Waals surface area contributed by atoms with Gasteiger partial charge in [0.2, 0.25) is 5.91 Å². The zero-order valence-corrected chi connectivity index (χ0v) is 16.9. The highest BCUT2D eigenvalue weighted by Gasteiger charge is 2.73. The summed E-state index contributed by atoms with van der Waals surface area (Å²) in [6.07, 6.45) is 14.8. The Kier molecular flexibility index (Phi) is 4.18. The van der Waals surface area contributed by atoms with Crippen molar-refractivity contribution in [1.29, 1.82) is 0 Å². The number of amides is 1. The van der Waals surface area contributed by atoms with E-state index in [1.807, 2.05) is 0 Å². The van der Waals surface area contributed by atoms with Gasteiger partial charge in [-0.2, -0.15) is 0 Å². The van der Waals surface area contributed by atoms with Crippen LogP contribution in [-0.2, 0) is 10.2 Å². The molecule has 5 fully saturated rings. The fourth-order valence-electron chi connectivity index (χ4n) is 8.17. The molecule has 1 aromatic carbocycles. The van der Waals surface area contributed by atoms with Gasteiger partial charge in [-0.25, -0.2) is 0 Å². The smallest absolute Gasteiger partial charge is 0.227 e. The van der Waals surface area contributed by atoms with Crippen LogP contribution in [0.3, 0.4) is 0 Å². The minimum atomic E-state index is -0.0980. The summed E-state index contributed by atoms with van der Waals surface area (Å²) < 4.78 is 0. The first-order valence-corrected chi connectivity index (χ1v) is 11.5. The van der Waals surface area contributed by atoms with Crippen LogP contribution in [0.15, 0.2) is 30.3 Å². The monoisotopic (exact) mass is 365 g/mol. The van der Waals surface area contributed by atoms with Gasteiger partial charge in [-0.1, -0.05) is 62.9 Å². The lowest BCUT2D eigenvalue weighted by atomic mass is 9.63. The van der Waals surface area contributed by atoms with Crippen LogP contribution in [0.1, 0.15) is 89.5 Å². The second-order valence-electron chi connectivity index (χ2n) is 10.4. The van der Waals surface area contributed by atoms with E-state index >= 15 is 0 Å². The van der Waals surface area contributed by atoms with Gasteiger partial charge in [-0.3, -0.25) is 4.79 Å². The van der Waals surface area contributed by atoms with E-state index in [0.29, 0.717) is 11.9 Å². The molecule has 0 spiro atoms. The third kappa shape index (κ3) is 2.54. The van der Waals surface area contributed by atoms with Crippen LogP contribution in [0.4, 0.5) is 0 Å². The van der Waals surface area contributed by atoms with E-state index in [0.717, 1.165) is 18.8 Å². The summed E-state index contributed by atoms with van der Waals surface area (Å²) in [5, 5.41) is 3.58. The maximum Gasteiger partial charge on any atom is 0.227 e. The summed E-state index contributed by atoms with van der Waals surface area (Å²) in [7, 11) is 0. The van der Waals surface area contributed by atoms with Crippen molar-refractivity contribution in [3.05, 3.63) is 35.9 Å². The molecule has 2 nitrogen and oxygen atoms in total. The third-order valence-corrected chi connectivity index (χ3v) is 8.82. The van der Waals surface area contributed by atoms with E-state index in [1.54, 1.807) is 0 Å². The van der Waals surface area contributed by atoms with Crippen molar-refractivity contribution in [3.63, 3.8) is 0 Å². The highest BCUT2D eigenvalue weighted by molar-refractivity contribution is 5.85. The minimum Gasteiger partial charge on any atom is -0.353 e. The van der Waals surface area contributed by atoms with Crippen LogP contribution in [0.5, 0.6) is 0 Å². The fourth-order valence-corrected chi connectivity index (χ4v) is 8.17. The molecule has 4 atom stereocenters. The van der Waals surface area contributed by atoms with Crippen molar-refractivity contribution >= 4 is 5.91 Å². The number of rotatable bonds is 5. The molecule has 6 rings (SSSR count). The van der Waals surface area contributed by atoms with E-state index in [-0.39, 0.29) is 16.2 Å². The summed E-state index contributed by atoms with van der Waals surface area (Å²) in [6.45, 7) is 2.32. The lowest BCUT2D eigenvalue weighted by Gasteiger charge is -2.41. The maximum absolute atomic E-state index is 13.8. The second kappa shape index (κ2) is 6.36. The Morgan fingerprint density at radius 1 is 1.04 bits per heavy atom. The molecule has 27 heavy (non-hydrogen) atoms. The van der Waals surface area contributed by atoms with Crippen LogP contribution in [-0.4, -0.2) is 11.9 Å². The Morgan fingerprint density at radius 3 is 2.56 bits per heavy atom. The van der Waals surface area contributed by atoms with E-state index in [4.69, 9.17) is 0 Å². The normalized spacial score (nSPS) is 40.4. The molecular formula is C25H35NO. The van der Waals surface area contributed by atoms with Gasteiger partial charge >= 0.3 is 0 Å². The van der Waals surface area contributed by atoms with Crippen LogP contribution in [0.2, 0.25) is 0 Å². The molecular weight excluding hydrogens is 330 g/mol. The molecule has 0 aromatic heterocycles. The molecule has 0 aliphatic heterocycles. The summed E-state index contributed by atoms with van der Waals surface area (Å²) in [4.78, 5) is 13.8. The molecule has 1 aromatic rings. The second-order valence-corrected chi connectivity index (χ2v) is 10.4. The van der Waals surface area contributed by atoms with Gasteiger partial charge < -0.3 is 5.32 Å². The molecule has 2 unspecified atom stereocenters. The van der Waals surface area contributed by atoms with Crippen molar-refractivity contribution in [2.45, 2.75) is 95.4 Å². The van der Waals surface area contributed by atoms with Crippen molar-refractivity contribution in [2.24, 2.45) is 16.7 Å². The molecule has 1 N–H and O–H groups in total. The highest BCUT2D eigenvalue weighted by atomic mass is 16.2. The molecule has 2 heteroatoms. The molecule has 5 aliphatic rings. The van der Waals surface area contributed by atoms with Crippen LogP contribution < -0.4 is 5.32 Å². The SMILES string of the molecule is CCC[C@]12CC3CC1(C(=O)NC1CCCCC1)C[C@@](c1ccccc1)(C3)C2. The molecule has 4 bridgehead atoms. The zero-order chi connectivity index (χ0) is 18.5. The van der Waals surface area contributed by atoms with E-state index < -0.39 is 0 Å². The summed E-state index contributed by atoms with van der Waals surface area (Å²) >= 11 is 0. The zero-order valence-electron chi connectivity index (χ0n) is 16.9. The number of carbonyl (C=O) groups is 1. The Morgan fingerprint density at radius 2 is 1.81 bits per heavy atom. The van der Waals surface area contributed by atoms with Crippen LogP contribution >= 0.6 is 0 Å². The largest absolute Gasteiger partial charge is 0.353 e. The number of carbonyl (C=O) groups excluding carboxylic acids is 1. The number of benzene rings is 1. The van der Waals surface area contributed by atoms with E-state index in [1.165, 1.54) is 69.8 Å². The van der Waals surface area contributed by atoms with E-state index in [9.17, 15) is 4.79 Å². The Labute approximate surface area is 164 Å². The van der Waals surface area contributed by atoms with Crippen LogP contribution in [0.25, 0.3) is 0 Å². The Bertz CT molecular complexity index is 708. The van der Waals surface area contributed by atoms with Gasteiger partial charge in [0.05, 0.1) is 5.41 Å².